The highest BCUT2D eigenvalue weighted by molar-refractivity contribution is 5.28. The van der Waals surface area contributed by atoms with Crippen LogP contribution in [-0.4, -0.2) is 23.4 Å². The molecule has 0 saturated heterocycles. The number of nitrogens with one attached hydrogen (secondary N) is 1. The van der Waals surface area contributed by atoms with Crippen LogP contribution in [0.15, 0.2) is 42.7 Å². The van der Waals surface area contributed by atoms with Crippen molar-refractivity contribution >= 4 is 0 Å². The third-order valence-electron chi connectivity index (χ3n) is 2.54. The van der Waals surface area contributed by atoms with Gasteiger partial charge in [-0.05, 0) is 23.8 Å². The lowest BCUT2D eigenvalue weighted by molar-refractivity contribution is 0.414. The van der Waals surface area contributed by atoms with E-state index in [-0.39, 0.29) is 0 Å². The van der Waals surface area contributed by atoms with Gasteiger partial charge in [0.05, 0.1) is 13.7 Å². The molecule has 0 aliphatic carbocycles. The number of nitrogens with zero attached hydrogens (tertiary/aromatic N) is 2. The maximum absolute atomic E-state index is 5.18. The molecule has 0 unspecified atom stereocenters. The van der Waals surface area contributed by atoms with E-state index in [2.05, 4.69) is 16.5 Å². The van der Waals surface area contributed by atoms with E-state index in [9.17, 15) is 0 Å². The Morgan fingerprint density at radius 1 is 1.35 bits per heavy atom. The molecule has 1 heterocycles. The van der Waals surface area contributed by atoms with Crippen molar-refractivity contribution in [3.63, 3.8) is 0 Å². The van der Waals surface area contributed by atoms with Crippen molar-refractivity contribution in [1.29, 1.82) is 0 Å². The van der Waals surface area contributed by atoms with Crippen LogP contribution in [0.3, 0.4) is 0 Å². The Morgan fingerprint density at radius 2 is 2.29 bits per heavy atom. The average molecular weight is 231 g/mol. The number of hydrogen-bond acceptors (Lipinski definition) is 3. The molecule has 0 radical (unpaired) electrons. The van der Waals surface area contributed by atoms with Crippen LogP contribution in [0.5, 0.6) is 5.75 Å². The van der Waals surface area contributed by atoms with Crippen LogP contribution < -0.4 is 10.1 Å². The van der Waals surface area contributed by atoms with Crippen LogP contribution >= 0.6 is 0 Å². The summed E-state index contributed by atoms with van der Waals surface area (Å²) in [5, 5.41) is 7.52. The van der Waals surface area contributed by atoms with Gasteiger partial charge in [0.15, 0.2) is 0 Å². The van der Waals surface area contributed by atoms with Gasteiger partial charge in [0, 0.05) is 25.5 Å². The highest BCUT2D eigenvalue weighted by atomic mass is 16.5. The second-order valence-electron chi connectivity index (χ2n) is 3.80. The molecule has 90 valence electrons. The Balaban J connectivity index is 1.74. The van der Waals surface area contributed by atoms with Gasteiger partial charge in [-0.15, -0.1) is 0 Å². The minimum absolute atomic E-state index is 0.846. The summed E-state index contributed by atoms with van der Waals surface area (Å²) in [7, 11) is 1.68. The summed E-state index contributed by atoms with van der Waals surface area (Å²) in [5.74, 6) is 0.899. The van der Waals surface area contributed by atoms with Gasteiger partial charge in [0.25, 0.3) is 0 Å². The van der Waals surface area contributed by atoms with Crippen molar-refractivity contribution in [1.82, 2.24) is 15.1 Å². The molecule has 2 aromatic rings. The second kappa shape index (κ2) is 6.06. The van der Waals surface area contributed by atoms with Crippen molar-refractivity contribution in [2.75, 3.05) is 13.7 Å². The molecule has 4 nitrogen and oxygen atoms in total. The van der Waals surface area contributed by atoms with Crippen LogP contribution in [0.1, 0.15) is 5.56 Å². The molecule has 1 aromatic heterocycles. The predicted molar refractivity (Wildman–Crippen MR) is 66.9 cm³/mol. The van der Waals surface area contributed by atoms with Gasteiger partial charge in [-0.2, -0.15) is 5.10 Å². The number of ether oxygens (including phenoxy) is 1. The first-order chi connectivity index (χ1) is 8.38. The van der Waals surface area contributed by atoms with Crippen LogP contribution in [0, 0.1) is 0 Å². The lowest BCUT2D eigenvalue weighted by atomic mass is 10.2. The first-order valence-electron chi connectivity index (χ1n) is 5.69. The summed E-state index contributed by atoms with van der Waals surface area (Å²) in [6.07, 6.45) is 3.76. The van der Waals surface area contributed by atoms with Crippen molar-refractivity contribution in [2.24, 2.45) is 0 Å². The van der Waals surface area contributed by atoms with E-state index >= 15 is 0 Å². The third kappa shape index (κ3) is 3.60. The average Bonchev–Trinajstić information content (AvgIpc) is 2.88. The van der Waals surface area contributed by atoms with Crippen molar-refractivity contribution in [3.8, 4) is 5.75 Å². The summed E-state index contributed by atoms with van der Waals surface area (Å²) in [5.41, 5.74) is 1.23. The second-order valence-corrected chi connectivity index (χ2v) is 3.80. The molecule has 0 amide bonds. The van der Waals surface area contributed by atoms with Crippen molar-refractivity contribution in [3.05, 3.63) is 48.3 Å². The zero-order valence-electron chi connectivity index (χ0n) is 9.97. The number of methoxy groups -OCH3 is 1. The Hall–Kier alpha value is -1.81. The fourth-order valence-corrected chi connectivity index (χ4v) is 1.64. The number of rotatable bonds is 6. The molecule has 0 bridgehead atoms. The summed E-state index contributed by atoms with van der Waals surface area (Å²) in [6, 6.07) is 10.0. The Morgan fingerprint density at radius 3 is 3.06 bits per heavy atom. The third-order valence-corrected chi connectivity index (χ3v) is 2.54. The molecule has 0 atom stereocenters. The molecule has 0 aliphatic heterocycles. The maximum Gasteiger partial charge on any atom is 0.119 e. The van der Waals surface area contributed by atoms with E-state index in [0.29, 0.717) is 0 Å². The van der Waals surface area contributed by atoms with E-state index in [0.717, 1.165) is 25.4 Å². The minimum Gasteiger partial charge on any atom is -0.497 e. The molecule has 0 spiro atoms. The summed E-state index contributed by atoms with van der Waals surface area (Å²) < 4.78 is 7.09. The van der Waals surface area contributed by atoms with E-state index in [1.54, 1.807) is 13.3 Å². The normalized spacial score (nSPS) is 10.4. The van der Waals surface area contributed by atoms with E-state index in [1.165, 1.54) is 5.56 Å². The van der Waals surface area contributed by atoms with Gasteiger partial charge < -0.3 is 10.1 Å². The number of benzene rings is 1. The molecular formula is C13H17N3O. The quantitative estimate of drug-likeness (QED) is 0.769. The van der Waals surface area contributed by atoms with E-state index < -0.39 is 0 Å². The first kappa shape index (κ1) is 11.7. The monoisotopic (exact) mass is 231 g/mol. The smallest absolute Gasteiger partial charge is 0.119 e. The minimum atomic E-state index is 0.846. The molecular weight excluding hydrogens is 214 g/mol. The van der Waals surface area contributed by atoms with Gasteiger partial charge in [-0.3, -0.25) is 4.68 Å². The number of aromatic nitrogens is 2. The topological polar surface area (TPSA) is 39.1 Å². The van der Waals surface area contributed by atoms with Gasteiger partial charge in [-0.25, -0.2) is 0 Å². The molecule has 4 heteroatoms. The molecule has 0 aliphatic rings. The van der Waals surface area contributed by atoms with E-state index in [4.69, 9.17) is 4.74 Å². The summed E-state index contributed by atoms with van der Waals surface area (Å²) in [4.78, 5) is 0. The molecule has 0 fully saturated rings. The van der Waals surface area contributed by atoms with Crippen LogP contribution in [-0.2, 0) is 13.1 Å². The largest absolute Gasteiger partial charge is 0.497 e. The SMILES string of the molecule is COc1cccc(CNCCn2cccn2)c1. The molecule has 1 N–H and O–H groups in total. The lowest BCUT2D eigenvalue weighted by Gasteiger charge is -2.06. The zero-order chi connectivity index (χ0) is 11.9. The maximum atomic E-state index is 5.18. The Labute approximate surface area is 101 Å². The van der Waals surface area contributed by atoms with E-state index in [1.807, 2.05) is 35.1 Å². The Bertz CT molecular complexity index is 440. The number of hydrogen-bond donors (Lipinski definition) is 1. The molecule has 17 heavy (non-hydrogen) atoms. The van der Waals surface area contributed by atoms with Crippen LogP contribution in [0.4, 0.5) is 0 Å². The van der Waals surface area contributed by atoms with Gasteiger partial charge in [-0.1, -0.05) is 12.1 Å². The standard InChI is InChI=1S/C13H17N3O/c1-17-13-5-2-4-12(10-13)11-14-7-9-16-8-3-6-15-16/h2-6,8,10,14H,7,9,11H2,1H3. The lowest BCUT2D eigenvalue weighted by Crippen LogP contribution is -2.19. The molecule has 2 rings (SSSR count). The molecule has 0 saturated carbocycles. The van der Waals surface area contributed by atoms with Gasteiger partial charge >= 0.3 is 0 Å². The van der Waals surface area contributed by atoms with Crippen molar-refractivity contribution in [2.45, 2.75) is 13.1 Å². The Kier molecular flexibility index (Phi) is 4.16. The fraction of sp³-hybridized carbons (Fsp3) is 0.308. The first-order valence-corrected chi connectivity index (χ1v) is 5.69. The highest BCUT2D eigenvalue weighted by Crippen LogP contribution is 2.11. The van der Waals surface area contributed by atoms with Gasteiger partial charge in [0.2, 0.25) is 0 Å². The summed E-state index contributed by atoms with van der Waals surface area (Å²) >= 11 is 0. The van der Waals surface area contributed by atoms with Crippen LogP contribution in [0.2, 0.25) is 0 Å². The van der Waals surface area contributed by atoms with Crippen LogP contribution in [0.25, 0.3) is 0 Å². The zero-order valence-corrected chi connectivity index (χ0v) is 9.97. The summed E-state index contributed by atoms with van der Waals surface area (Å²) in [6.45, 7) is 2.63. The highest BCUT2D eigenvalue weighted by Gasteiger charge is 1.95. The van der Waals surface area contributed by atoms with Crippen molar-refractivity contribution < 1.29 is 4.74 Å². The van der Waals surface area contributed by atoms with Gasteiger partial charge in [0.1, 0.15) is 5.75 Å². The molecule has 1 aromatic carbocycles. The fourth-order valence-electron chi connectivity index (χ4n) is 1.64. The predicted octanol–water partition coefficient (Wildman–Crippen LogP) is 1.68.